The molecular formula is C21H21N3O4S2. The summed E-state index contributed by atoms with van der Waals surface area (Å²) in [6, 6.07) is 13.3. The zero-order valence-electron chi connectivity index (χ0n) is 16.3. The fourth-order valence-electron chi connectivity index (χ4n) is 3.40. The van der Waals surface area contributed by atoms with E-state index in [1.54, 1.807) is 0 Å². The van der Waals surface area contributed by atoms with Gasteiger partial charge in [0.25, 0.3) is 5.91 Å². The van der Waals surface area contributed by atoms with Crippen molar-refractivity contribution in [1.82, 2.24) is 9.29 Å². The number of phenols is 1. The van der Waals surface area contributed by atoms with Gasteiger partial charge in [-0.3, -0.25) is 4.79 Å². The zero-order chi connectivity index (χ0) is 21.3. The van der Waals surface area contributed by atoms with E-state index >= 15 is 0 Å². The summed E-state index contributed by atoms with van der Waals surface area (Å²) in [6.45, 7) is 2.77. The van der Waals surface area contributed by atoms with Crippen molar-refractivity contribution in [3.8, 4) is 17.0 Å². The van der Waals surface area contributed by atoms with Crippen molar-refractivity contribution in [2.75, 3.05) is 18.4 Å². The van der Waals surface area contributed by atoms with Gasteiger partial charge in [0.15, 0.2) is 0 Å². The Labute approximate surface area is 179 Å². The number of phenolic OH excluding ortho intramolecular Hbond substituents is 1. The smallest absolute Gasteiger partial charge is 0.268 e. The molecule has 0 radical (unpaired) electrons. The predicted molar refractivity (Wildman–Crippen MR) is 116 cm³/mol. The minimum Gasteiger partial charge on any atom is -0.506 e. The van der Waals surface area contributed by atoms with Gasteiger partial charge in [0.05, 0.1) is 21.3 Å². The summed E-state index contributed by atoms with van der Waals surface area (Å²) in [4.78, 5) is 17.9. The highest BCUT2D eigenvalue weighted by Gasteiger charge is 2.28. The SMILES string of the molecule is Cc1nc(-c2ccccc2)c(C(=O)Nc2cc(S(=O)(=O)N3CCCC3)ccc2O)s1. The number of nitrogens with one attached hydrogen (secondary N) is 1. The van der Waals surface area contributed by atoms with Crippen LogP contribution in [0.4, 0.5) is 5.69 Å². The lowest BCUT2D eigenvalue weighted by Gasteiger charge is -2.16. The molecular weight excluding hydrogens is 422 g/mol. The van der Waals surface area contributed by atoms with Gasteiger partial charge in [-0.2, -0.15) is 4.31 Å². The molecule has 2 N–H and O–H groups in total. The van der Waals surface area contributed by atoms with Crippen LogP contribution >= 0.6 is 11.3 Å². The normalized spacial score (nSPS) is 14.7. The summed E-state index contributed by atoms with van der Waals surface area (Å²) in [5.74, 6) is -0.656. The van der Waals surface area contributed by atoms with Gasteiger partial charge in [-0.1, -0.05) is 30.3 Å². The molecule has 0 unspecified atom stereocenters. The van der Waals surface area contributed by atoms with Crippen LogP contribution in [0.2, 0.25) is 0 Å². The Morgan fingerprint density at radius 3 is 2.53 bits per heavy atom. The number of anilines is 1. The van der Waals surface area contributed by atoms with Crippen LogP contribution in [0.25, 0.3) is 11.3 Å². The standard InChI is InChI=1S/C21H21N3O4S2/c1-14-22-19(15-7-3-2-4-8-15)20(29-14)21(26)23-17-13-16(9-10-18(17)25)30(27,28)24-11-5-6-12-24/h2-4,7-10,13,25H,5-6,11-12H2,1H3,(H,23,26). The number of aromatic hydroxyl groups is 1. The van der Waals surface area contributed by atoms with Gasteiger partial charge in [-0.05, 0) is 38.0 Å². The molecule has 3 aromatic rings. The summed E-state index contributed by atoms with van der Waals surface area (Å²) in [7, 11) is -3.66. The number of hydrogen-bond acceptors (Lipinski definition) is 6. The van der Waals surface area contributed by atoms with Crippen LogP contribution in [0.1, 0.15) is 27.5 Å². The number of amides is 1. The minimum atomic E-state index is -3.66. The Morgan fingerprint density at radius 2 is 1.83 bits per heavy atom. The van der Waals surface area contributed by atoms with E-state index in [4.69, 9.17) is 0 Å². The minimum absolute atomic E-state index is 0.0428. The molecule has 4 rings (SSSR count). The van der Waals surface area contributed by atoms with Crippen molar-refractivity contribution in [3.63, 3.8) is 0 Å². The van der Waals surface area contributed by atoms with Crippen LogP contribution < -0.4 is 5.32 Å². The molecule has 1 aliphatic heterocycles. The molecule has 2 heterocycles. The summed E-state index contributed by atoms with van der Waals surface area (Å²) >= 11 is 1.24. The maximum Gasteiger partial charge on any atom is 0.268 e. The second-order valence-corrected chi connectivity index (χ2v) is 10.2. The van der Waals surface area contributed by atoms with Crippen molar-refractivity contribution in [2.24, 2.45) is 0 Å². The topological polar surface area (TPSA) is 99.6 Å². The number of hydrogen-bond donors (Lipinski definition) is 2. The molecule has 0 aliphatic carbocycles. The zero-order valence-corrected chi connectivity index (χ0v) is 18.0. The lowest BCUT2D eigenvalue weighted by Crippen LogP contribution is -2.28. The second-order valence-electron chi connectivity index (χ2n) is 7.02. The number of rotatable bonds is 5. The van der Waals surface area contributed by atoms with Crippen LogP contribution in [-0.2, 0) is 10.0 Å². The summed E-state index contributed by atoms with van der Waals surface area (Å²) < 4.78 is 27.1. The number of aryl methyl sites for hydroxylation is 1. The number of carbonyl (C=O) groups excluding carboxylic acids is 1. The number of aromatic nitrogens is 1. The molecule has 1 fully saturated rings. The average molecular weight is 444 g/mol. The summed E-state index contributed by atoms with van der Waals surface area (Å²) in [5.41, 5.74) is 1.41. The molecule has 1 aliphatic rings. The summed E-state index contributed by atoms with van der Waals surface area (Å²) in [6.07, 6.45) is 1.65. The lowest BCUT2D eigenvalue weighted by molar-refractivity contribution is 0.103. The molecule has 0 bridgehead atoms. The number of sulfonamides is 1. The van der Waals surface area contributed by atoms with E-state index in [9.17, 15) is 18.3 Å². The molecule has 0 atom stereocenters. The van der Waals surface area contributed by atoms with E-state index in [2.05, 4.69) is 10.3 Å². The van der Waals surface area contributed by atoms with Gasteiger partial charge in [0.1, 0.15) is 10.6 Å². The van der Waals surface area contributed by atoms with Gasteiger partial charge in [-0.15, -0.1) is 11.3 Å². The highest BCUT2D eigenvalue weighted by atomic mass is 32.2. The maximum atomic E-state index is 13.0. The lowest BCUT2D eigenvalue weighted by atomic mass is 10.1. The predicted octanol–water partition coefficient (Wildman–Crippen LogP) is 3.86. The van der Waals surface area contributed by atoms with E-state index in [1.165, 1.54) is 33.8 Å². The Hall–Kier alpha value is -2.75. The van der Waals surface area contributed by atoms with E-state index in [0.717, 1.165) is 23.4 Å². The highest BCUT2D eigenvalue weighted by molar-refractivity contribution is 7.89. The van der Waals surface area contributed by atoms with Crippen LogP contribution in [0.15, 0.2) is 53.4 Å². The largest absolute Gasteiger partial charge is 0.506 e. The van der Waals surface area contributed by atoms with Gasteiger partial charge in [0.2, 0.25) is 10.0 Å². The molecule has 1 saturated heterocycles. The first kappa shape index (κ1) is 20.5. The van der Waals surface area contributed by atoms with Crippen molar-refractivity contribution >= 4 is 33.0 Å². The third kappa shape index (κ3) is 3.96. The molecule has 30 heavy (non-hydrogen) atoms. The van der Waals surface area contributed by atoms with E-state index in [0.29, 0.717) is 23.7 Å². The van der Waals surface area contributed by atoms with Crippen LogP contribution in [0.5, 0.6) is 5.75 Å². The average Bonchev–Trinajstić information content (AvgIpc) is 3.40. The Balaban J connectivity index is 1.65. The fourth-order valence-corrected chi connectivity index (χ4v) is 5.79. The molecule has 1 amide bonds. The first-order valence-electron chi connectivity index (χ1n) is 9.53. The van der Waals surface area contributed by atoms with E-state index in [-0.39, 0.29) is 16.3 Å². The number of thiazole rings is 1. The third-order valence-corrected chi connectivity index (χ3v) is 7.77. The molecule has 0 spiro atoms. The van der Waals surface area contributed by atoms with Crippen LogP contribution in [0.3, 0.4) is 0 Å². The van der Waals surface area contributed by atoms with E-state index < -0.39 is 15.9 Å². The van der Waals surface area contributed by atoms with Gasteiger partial charge < -0.3 is 10.4 Å². The van der Waals surface area contributed by atoms with Crippen LogP contribution in [-0.4, -0.2) is 41.8 Å². The number of benzene rings is 2. The molecule has 9 heteroatoms. The van der Waals surface area contributed by atoms with E-state index in [1.807, 2.05) is 37.3 Å². The first-order chi connectivity index (χ1) is 14.4. The maximum absolute atomic E-state index is 13.0. The highest BCUT2D eigenvalue weighted by Crippen LogP contribution is 2.32. The third-order valence-electron chi connectivity index (χ3n) is 4.91. The molecule has 2 aromatic carbocycles. The first-order valence-corrected chi connectivity index (χ1v) is 11.8. The second kappa shape index (κ2) is 8.17. The fraction of sp³-hybridized carbons (Fsp3) is 0.238. The molecule has 7 nitrogen and oxygen atoms in total. The molecule has 0 saturated carbocycles. The Morgan fingerprint density at radius 1 is 1.13 bits per heavy atom. The monoisotopic (exact) mass is 443 g/mol. The number of nitrogens with zero attached hydrogens (tertiary/aromatic N) is 2. The summed E-state index contributed by atoms with van der Waals surface area (Å²) in [5, 5.41) is 13.6. The van der Waals surface area contributed by atoms with Crippen molar-refractivity contribution in [2.45, 2.75) is 24.7 Å². The van der Waals surface area contributed by atoms with Crippen molar-refractivity contribution < 1.29 is 18.3 Å². The van der Waals surface area contributed by atoms with Crippen LogP contribution in [0, 0.1) is 6.92 Å². The molecule has 1 aromatic heterocycles. The van der Waals surface area contributed by atoms with Crippen molar-refractivity contribution in [1.29, 1.82) is 0 Å². The van der Waals surface area contributed by atoms with Gasteiger partial charge >= 0.3 is 0 Å². The Kier molecular flexibility index (Phi) is 5.59. The quantitative estimate of drug-likeness (QED) is 0.584. The van der Waals surface area contributed by atoms with Crippen molar-refractivity contribution in [3.05, 3.63) is 58.4 Å². The number of carbonyl (C=O) groups is 1. The Bertz CT molecular complexity index is 1180. The van der Waals surface area contributed by atoms with Gasteiger partial charge in [0, 0.05) is 18.7 Å². The van der Waals surface area contributed by atoms with Gasteiger partial charge in [-0.25, -0.2) is 13.4 Å². The molecule has 156 valence electrons.